The van der Waals surface area contributed by atoms with E-state index in [2.05, 4.69) is 15.2 Å². The Balaban J connectivity index is 1.64. The molecular weight excluding hydrogens is 290 g/mol. The second-order valence-corrected chi connectivity index (χ2v) is 5.25. The summed E-state index contributed by atoms with van der Waals surface area (Å²) >= 11 is 0. The molecular formula is C18H19N3O2. The third-order valence-corrected chi connectivity index (χ3v) is 3.63. The molecule has 0 fully saturated rings. The Morgan fingerprint density at radius 3 is 1.83 bits per heavy atom. The van der Waals surface area contributed by atoms with E-state index < -0.39 is 0 Å². The number of methoxy groups -OCH3 is 2. The van der Waals surface area contributed by atoms with Crippen LogP contribution >= 0.6 is 0 Å². The molecule has 5 heteroatoms. The molecule has 0 saturated carbocycles. The average Bonchev–Trinajstić information content (AvgIpc) is 3.03. The van der Waals surface area contributed by atoms with Crippen LogP contribution in [0.2, 0.25) is 0 Å². The van der Waals surface area contributed by atoms with E-state index in [1.54, 1.807) is 14.2 Å². The number of rotatable bonds is 6. The Bertz CT molecular complexity index is 685. The number of hydrogen-bond donors (Lipinski definition) is 1. The van der Waals surface area contributed by atoms with Crippen LogP contribution in [0.5, 0.6) is 11.5 Å². The predicted octanol–water partition coefficient (Wildman–Crippen LogP) is 3.00. The van der Waals surface area contributed by atoms with Gasteiger partial charge in [0.2, 0.25) is 0 Å². The van der Waals surface area contributed by atoms with E-state index in [0.29, 0.717) is 6.42 Å². The molecule has 3 aromatic rings. The van der Waals surface area contributed by atoms with E-state index in [-0.39, 0.29) is 0 Å². The molecule has 0 atom stereocenters. The molecule has 23 heavy (non-hydrogen) atoms. The minimum atomic E-state index is 0.698. The Labute approximate surface area is 135 Å². The van der Waals surface area contributed by atoms with Crippen LogP contribution in [-0.2, 0) is 12.8 Å². The fourth-order valence-electron chi connectivity index (χ4n) is 2.36. The summed E-state index contributed by atoms with van der Waals surface area (Å²) < 4.78 is 10.3. The van der Waals surface area contributed by atoms with E-state index in [0.717, 1.165) is 40.7 Å². The molecule has 0 aliphatic carbocycles. The highest BCUT2D eigenvalue weighted by atomic mass is 16.5. The Morgan fingerprint density at radius 2 is 1.30 bits per heavy atom. The predicted molar refractivity (Wildman–Crippen MR) is 88.0 cm³/mol. The smallest absolute Gasteiger partial charge is 0.155 e. The van der Waals surface area contributed by atoms with Crippen LogP contribution in [0.3, 0.4) is 0 Å². The van der Waals surface area contributed by atoms with Gasteiger partial charge in [0.15, 0.2) is 5.82 Å². The number of hydrogen-bond acceptors (Lipinski definition) is 4. The molecule has 0 unspecified atom stereocenters. The van der Waals surface area contributed by atoms with Crippen molar-refractivity contribution in [2.45, 2.75) is 12.8 Å². The molecule has 1 N–H and O–H groups in total. The Morgan fingerprint density at radius 1 is 0.783 bits per heavy atom. The summed E-state index contributed by atoms with van der Waals surface area (Å²) in [5, 5.41) is 7.30. The summed E-state index contributed by atoms with van der Waals surface area (Å²) in [7, 11) is 3.33. The summed E-state index contributed by atoms with van der Waals surface area (Å²) in [6.45, 7) is 0. The van der Waals surface area contributed by atoms with Gasteiger partial charge in [-0.3, -0.25) is 5.10 Å². The van der Waals surface area contributed by atoms with Gasteiger partial charge in [-0.25, -0.2) is 4.98 Å². The lowest BCUT2D eigenvalue weighted by molar-refractivity contribution is 0.414. The molecule has 0 bridgehead atoms. The van der Waals surface area contributed by atoms with Gasteiger partial charge in [-0.1, -0.05) is 24.3 Å². The summed E-state index contributed by atoms with van der Waals surface area (Å²) in [4.78, 5) is 4.56. The van der Waals surface area contributed by atoms with E-state index in [1.807, 2.05) is 48.5 Å². The molecule has 0 amide bonds. The van der Waals surface area contributed by atoms with E-state index >= 15 is 0 Å². The molecule has 0 aliphatic heterocycles. The molecule has 3 rings (SSSR count). The number of H-pyrrole nitrogens is 1. The lowest BCUT2D eigenvalue weighted by atomic mass is 10.1. The van der Waals surface area contributed by atoms with Crippen molar-refractivity contribution in [2.75, 3.05) is 14.2 Å². The fourth-order valence-corrected chi connectivity index (χ4v) is 2.36. The molecule has 5 nitrogen and oxygen atoms in total. The van der Waals surface area contributed by atoms with Crippen molar-refractivity contribution in [2.24, 2.45) is 0 Å². The average molecular weight is 309 g/mol. The zero-order valence-electron chi connectivity index (χ0n) is 13.2. The zero-order valence-corrected chi connectivity index (χ0v) is 13.2. The van der Waals surface area contributed by atoms with Gasteiger partial charge < -0.3 is 9.47 Å². The van der Waals surface area contributed by atoms with Crippen molar-refractivity contribution in [3.8, 4) is 11.5 Å². The molecule has 118 valence electrons. The molecule has 0 spiro atoms. The highest BCUT2D eigenvalue weighted by Crippen LogP contribution is 2.15. The van der Waals surface area contributed by atoms with E-state index in [4.69, 9.17) is 9.47 Å². The standard InChI is InChI=1S/C18H19N3O2/c1-22-15-7-3-13(4-8-15)11-17-19-18(21-20-17)12-14-5-9-16(23-2)10-6-14/h3-10H,11-12H2,1-2H3,(H,19,20,21). The van der Waals surface area contributed by atoms with E-state index in [1.165, 1.54) is 0 Å². The summed E-state index contributed by atoms with van der Waals surface area (Å²) in [6.07, 6.45) is 1.42. The van der Waals surface area contributed by atoms with Crippen LogP contribution in [0, 0.1) is 0 Å². The number of benzene rings is 2. The molecule has 0 aliphatic rings. The molecule has 1 heterocycles. The van der Waals surface area contributed by atoms with Crippen molar-refractivity contribution in [1.82, 2.24) is 15.2 Å². The van der Waals surface area contributed by atoms with Gasteiger partial charge in [-0.15, -0.1) is 0 Å². The number of nitrogens with one attached hydrogen (secondary N) is 1. The van der Waals surface area contributed by atoms with Crippen LogP contribution in [0.15, 0.2) is 48.5 Å². The summed E-state index contributed by atoms with van der Waals surface area (Å²) in [5.41, 5.74) is 2.32. The first-order valence-corrected chi connectivity index (χ1v) is 7.43. The second kappa shape index (κ2) is 6.96. The van der Waals surface area contributed by atoms with Crippen LogP contribution in [0.4, 0.5) is 0 Å². The van der Waals surface area contributed by atoms with Crippen LogP contribution in [-0.4, -0.2) is 29.4 Å². The van der Waals surface area contributed by atoms with Crippen LogP contribution < -0.4 is 9.47 Å². The second-order valence-electron chi connectivity index (χ2n) is 5.25. The van der Waals surface area contributed by atoms with Gasteiger partial charge in [0.25, 0.3) is 0 Å². The zero-order chi connectivity index (χ0) is 16.1. The van der Waals surface area contributed by atoms with Crippen molar-refractivity contribution in [3.63, 3.8) is 0 Å². The molecule has 0 saturated heterocycles. The Kier molecular flexibility index (Phi) is 4.57. The first-order chi connectivity index (χ1) is 11.3. The lowest BCUT2D eigenvalue weighted by Crippen LogP contribution is -1.93. The summed E-state index contributed by atoms with van der Waals surface area (Å²) in [6, 6.07) is 15.9. The minimum absolute atomic E-state index is 0.698. The third-order valence-electron chi connectivity index (χ3n) is 3.63. The van der Waals surface area contributed by atoms with Crippen LogP contribution in [0.25, 0.3) is 0 Å². The fraction of sp³-hybridized carbons (Fsp3) is 0.222. The van der Waals surface area contributed by atoms with Gasteiger partial charge in [-0.2, -0.15) is 5.10 Å². The van der Waals surface area contributed by atoms with Crippen molar-refractivity contribution < 1.29 is 9.47 Å². The SMILES string of the molecule is COc1ccc(Cc2n[nH]c(Cc3ccc(OC)cc3)n2)cc1. The largest absolute Gasteiger partial charge is 0.497 e. The maximum atomic E-state index is 5.16. The molecule has 1 aromatic heterocycles. The minimum Gasteiger partial charge on any atom is -0.497 e. The quantitative estimate of drug-likeness (QED) is 0.760. The monoisotopic (exact) mass is 309 g/mol. The van der Waals surface area contributed by atoms with Gasteiger partial charge in [0, 0.05) is 12.8 Å². The van der Waals surface area contributed by atoms with Gasteiger partial charge >= 0.3 is 0 Å². The normalized spacial score (nSPS) is 10.5. The lowest BCUT2D eigenvalue weighted by Gasteiger charge is -2.01. The first kappa shape index (κ1) is 15.1. The highest BCUT2D eigenvalue weighted by molar-refractivity contribution is 5.30. The third kappa shape index (κ3) is 3.88. The summed E-state index contributed by atoms with van der Waals surface area (Å²) in [5.74, 6) is 3.35. The van der Waals surface area contributed by atoms with E-state index in [9.17, 15) is 0 Å². The van der Waals surface area contributed by atoms with Gasteiger partial charge in [-0.05, 0) is 35.4 Å². The maximum Gasteiger partial charge on any atom is 0.155 e. The van der Waals surface area contributed by atoms with Crippen molar-refractivity contribution >= 4 is 0 Å². The van der Waals surface area contributed by atoms with Crippen molar-refractivity contribution in [3.05, 3.63) is 71.3 Å². The number of ether oxygens (including phenoxy) is 2. The molecule has 2 aromatic carbocycles. The number of aromatic amines is 1. The first-order valence-electron chi connectivity index (χ1n) is 7.43. The van der Waals surface area contributed by atoms with Crippen molar-refractivity contribution in [1.29, 1.82) is 0 Å². The maximum absolute atomic E-state index is 5.16. The molecule has 0 radical (unpaired) electrons. The Hall–Kier alpha value is -2.82. The topological polar surface area (TPSA) is 60.0 Å². The van der Waals surface area contributed by atoms with Gasteiger partial charge in [0.1, 0.15) is 17.3 Å². The van der Waals surface area contributed by atoms with Crippen LogP contribution in [0.1, 0.15) is 22.8 Å². The highest BCUT2D eigenvalue weighted by Gasteiger charge is 2.06. The van der Waals surface area contributed by atoms with Gasteiger partial charge in [0.05, 0.1) is 14.2 Å². The number of aromatic nitrogens is 3. The number of nitrogens with zero attached hydrogens (tertiary/aromatic N) is 2.